The minimum Gasteiger partial charge on any atom is -0.426 e. The summed E-state index contributed by atoms with van der Waals surface area (Å²) in [5, 5.41) is 11.3. The second-order valence-corrected chi connectivity index (χ2v) is 8.03. The molecule has 0 spiro atoms. The van der Waals surface area contributed by atoms with Crippen molar-refractivity contribution in [2.24, 2.45) is 0 Å². The third-order valence-corrected chi connectivity index (χ3v) is 6.42. The van der Waals surface area contributed by atoms with Gasteiger partial charge in [0, 0.05) is 45.9 Å². The van der Waals surface area contributed by atoms with Crippen LogP contribution in [0, 0.1) is 20.8 Å². The Morgan fingerprint density at radius 3 is 2.35 bits per heavy atom. The number of nitrogens with zero attached hydrogens (tertiary/aromatic N) is 5. The van der Waals surface area contributed by atoms with E-state index in [1.807, 2.05) is 0 Å². The maximum absolute atomic E-state index is 12.8. The Balaban J connectivity index is 1.57. The van der Waals surface area contributed by atoms with Gasteiger partial charge in [0.05, 0.1) is 0 Å². The molecule has 2 aromatic rings. The molecule has 0 unspecified atom stereocenters. The SMILES string of the molecule is Cc1nnc(CCC(=O)N2CCN(S(=O)(=O)c3c(C)noc3C)CC2)o1. The van der Waals surface area contributed by atoms with E-state index >= 15 is 0 Å². The molecule has 3 heterocycles. The number of aromatic nitrogens is 3. The zero-order chi connectivity index (χ0) is 18.9. The van der Waals surface area contributed by atoms with Crippen LogP contribution in [0.4, 0.5) is 0 Å². The van der Waals surface area contributed by atoms with Crippen LogP contribution in [0.5, 0.6) is 0 Å². The van der Waals surface area contributed by atoms with Crippen molar-refractivity contribution in [2.75, 3.05) is 26.2 Å². The zero-order valence-electron chi connectivity index (χ0n) is 14.9. The van der Waals surface area contributed by atoms with Gasteiger partial charge in [-0.05, 0) is 13.8 Å². The van der Waals surface area contributed by atoms with E-state index in [0.717, 1.165) is 0 Å². The first kappa shape index (κ1) is 18.5. The monoisotopic (exact) mass is 383 g/mol. The number of piperazine rings is 1. The Labute approximate surface area is 151 Å². The van der Waals surface area contributed by atoms with Crippen molar-refractivity contribution in [3.05, 3.63) is 23.2 Å². The second kappa shape index (κ2) is 7.16. The number of hydrogen-bond donors (Lipinski definition) is 0. The number of sulfonamides is 1. The number of carbonyl (C=O) groups is 1. The van der Waals surface area contributed by atoms with Gasteiger partial charge in [-0.2, -0.15) is 4.31 Å². The summed E-state index contributed by atoms with van der Waals surface area (Å²) in [6.07, 6.45) is 0.621. The lowest BCUT2D eigenvalue weighted by molar-refractivity contribution is -0.132. The van der Waals surface area contributed by atoms with Crippen molar-refractivity contribution in [2.45, 2.75) is 38.5 Å². The fraction of sp³-hybridized carbons (Fsp3) is 0.600. The van der Waals surface area contributed by atoms with Crippen LogP contribution >= 0.6 is 0 Å². The predicted octanol–water partition coefficient (Wildman–Crippen LogP) is 0.449. The van der Waals surface area contributed by atoms with E-state index in [-0.39, 0.29) is 36.1 Å². The lowest BCUT2D eigenvalue weighted by Crippen LogP contribution is -2.50. The van der Waals surface area contributed by atoms with Gasteiger partial charge in [-0.1, -0.05) is 5.16 Å². The Bertz CT molecular complexity index is 876. The first-order valence-electron chi connectivity index (χ1n) is 8.29. The summed E-state index contributed by atoms with van der Waals surface area (Å²) >= 11 is 0. The molecule has 0 aliphatic carbocycles. The molecular formula is C15H21N5O5S. The third-order valence-electron chi connectivity index (χ3n) is 4.28. The molecule has 1 fully saturated rings. The van der Waals surface area contributed by atoms with Crippen LogP contribution in [-0.2, 0) is 21.2 Å². The zero-order valence-corrected chi connectivity index (χ0v) is 15.7. The number of rotatable bonds is 5. The van der Waals surface area contributed by atoms with E-state index in [2.05, 4.69) is 15.4 Å². The van der Waals surface area contributed by atoms with Crippen LogP contribution in [0.2, 0.25) is 0 Å². The summed E-state index contributed by atoms with van der Waals surface area (Å²) in [6.45, 7) is 6.01. The van der Waals surface area contributed by atoms with Gasteiger partial charge < -0.3 is 13.8 Å². The van der Waals surface area contributed by atoms with E-state index in [1.54, 1.807) is 25.7 Å². The molecule has 0 saturated carbocycles. The molecule has 0 aromatic carbocycles. The average molecular weight is 383 g/mol. The number of hydrogen-bond acceptors (Lipinski definition) is 8. The Kier molecular flexibility index (Phi) is 5.10. The fourth-order valence-corrected chi connectivity index (χ4v) is 4.67. The van der Waals surface area contributed by atoms with Gasteiger partial charge in [-0.15, -0.1) is 10.2 Å². The minimum absolute atomic E-state index is 0.0600. The van der Waals surface area contributed by atoms with Crippen LogP contribution in [0.15, 0.2) is 13.8 Å². The van der Waals surface area contributed by atoms with Gasteiger partial charge in [0.2, 0.25) is 27.7 Å². The van der Waals surface area contributed by atoms with Crippen LogP contribution in [0.3, 0.4) is 0 Å². The van der Waals surface area contributed by atoms with Gasteiger partial charge >= 0.3 is 0 Å². The fourth-order valence-electron chi connectivity index (χ4n) is 2.96. The molecule has 0 atom stereocenters. The lowest BCUT2D eigenvalue weighted by atomic mass is 10.2. The summed E-state index contributed by atoms with van der Waals surface area (Å²) in [5.74, 6) is 1.10. The van der Waals surface area contributed by atoms with Crippen LogP contribution in [0.25, 0.3) is 0 Å². The maximum atomic E-state index is 12.8. The Morgan fingerprint density at radius 1 is 1.12 bits per heavy atom. The smallest absolute Gasteiger partial charge is 0.248 e. The molecule has 1 amide bonds. The van der Waals surface area contributed by atoms with E-state index < -0.39 is 10.0 Å². The number of aryl methyl sites for hydroxylation is 4. The lowest BCUT2D eigenvalue weighted by Gasteiger charge is -2.33. The summed E-state index contributed by atoms with van der Waals surface area (Å²) in [6, 6.07) is 0. The summed E-state index contributed by atoms with van der Waals surface area (Å²) in [7, 11) is -3.68. The molecule has 0 bridgehead atoms. The largest absolute Gasteiger partial charge is 0.426 e. The highest BCUT2D eigenvalue weighted by Crippen LogP contribution is 2.24. The second-order valence-electron chi connectivity index (χ2n) is 6.15. The predicted molar refractivity (Wildman–Crippen MR) is 88.7 cm³/mol. The molecule has 26 heavy (non-hydrogen) atoms. The molecule has 0 radical (unpaired) electrons. The summed E-state index contributed by atoms with van der Waals surface area (Å²) in [4.78, 5) is 14.1. The highest BCUT2D eigenvalue weighted by atomic mass is 32.2. The van der Waals surface area contributed by atoms with Crippen molar-refractivity contribution in [3.8, 4) is 0 Å². The maximum Gasteiger partial charge on any atom is 0.248 e. The van der Waals surface area contributed by atoms with E-state index in [4.69, 9.17) is 8.94 Å². The van der Waals surface area contributed by atoms with Crippen molar-refractivity contribution in [3.63, 3.8) is 0 Å². The molecule has 3 rings (SSSR count). The first-order chi connectivity index (χ1) is 12.3. The highest BCUT2D eigenvalue weighted by molar-refractivity contribution is 7.89. The van der Waals surface area contributed by atoms with Crippen molar-refractivity contribution in [1.29, 1.82) is 0 Å². The van der Waals surface area contributed by atoms with Crippen molar-refractivity contribution < 1.29 is 22.2 Å². The van der Waals surface area contributed by atoms with Gasteiger partial charge in [-0.25, -0.2) is 8.42 Å². The number of carbonyl (C=O) groups excluding carboxylic acids is 1. The molecular weight excluding hydrogens is 362 g/mol. The molecule has 0 N–H and O–H groups in total. The molecule has 11 heteroatoms. The van der Waals surface area contributed by atoms with Crippen molar-refractivity contribution in [1.82, 2.24) is 24.6 Å². The highest BCUT2D eigenvalue weighted by Gasteiger charge is 2.34. The van der Waals surface area contributed by atoms with Crippen LogP contribution < -0.4 is 0 Å². The topological polar surface area (TPSA) is 123 Å². The van der Waals surface area contributed by atoms with Crippen molar-refractivity contribution >= 4 is 15.9 Å². The van der Waals surface area contributed by atoms with E-state index in [9.17, 15) is 13.2 Å². The molecule has 142 valence electrons. The van der Waals surface area contributed by atoms with Gasteiger partial charge in [0.15, 0.2) is 5.76 Å². The van der Waals surface area contributed by atoms with Crippen LogP contribution in [-0.4, -0.2) is 65.1 Å². The molecule has 1 aliphatic rings. The van der Waals surface area contributed by atoms with Gasteiger partial charge in [-0.3, -0.25) is 4.79 Å². The first-order valence-corrected chi connectivity index (χ1v) is 9.73. The minimum atomic E-state index is -3.68. The van der Waals surface area contributed by atoms with E-state index in [1.165, 1.54) is 4.31 Å². The van der Waals surface area contributed by atoms with E-state index in [0.29, 0.717) is 37.0 Å². The average Bonchev–Trinajstić information content (AvgIpc) is 3.18. The standard InChI is InChI=1S/C15H21N5O5S/c1-10-15(11(2)25-18-10)26(22,23)20-8-6-19(7-9-20)14(21)5-4-13-17-16-12(3)24-13/h4-9H2,1-3H3. The molecule has 1 aliphatic heterocycles. The number of amides is 1. The molecule has 1 saturated heterocycles. The van der Waals surface area contributed by atoms with Crippen LogP contribution in [0.1, 0.15) is 29.7 Å². The molecule has 2 aromatic heterocycles. The third kappa shape index (κ3) is 3.63. The summed E-state index contributed by atoms with van der Waals surface area (Å²) < 4.78 is 37.1. The Hall–Kier alpha value is -2.27. The summed E-state index contributed by atoms with van der Waals surface area (Å²) in [5.41, 5.74) is 0.343. The normalized spacial score (nSPS) is 16.2. The Morgan fingerprint density at radius 2 is 1.81 bits per heavy atom. The van der Waals surface area contributed by atoms with Gasteiger partial charge in [0.25, 0.3) is 0 Å². The molecule has 10 nitrogen and oxygen atoms in total. The quantitative estimate of drug-likeness (QED) is 0.729. The van der Waals surface area contributed by atoms with Gasteiger partial charge in [0.1, 0.15) is 10.6 Å².